The third-order valence-corrected chi connectivity index (χ3v) is 7.40. The molecule has 0 amide bonds. The number of halogens is 1. The normalized spacial score (nSPS) is 14.6. The van der Waals surface area contributed by atoms with Crippen LogP contribution in [0.3, 0.4) is 0 Å². The predicted octanol–water partition coefficient (Wildman–Crippen LogP) is 4.02. The van der Waals surface area contributed by atoms with E-state index in [4.69, 9.17) is 19.2 Å². The summed E-state index contributed by atoms with van der Waals surface area (Å²) in [5.41, 5.74) is 1.90. The number of fused-ring (bicyclic) bond motifs is 1. The lowest BCUT2D eigenvalue weighted by atomic mass is 9.93. The van der Waals surface area contributed by atoms with Crippen LogP contribution in [0.1, 0.15) is 36.6 Å². The Morgan fingerprint density at radius 1 is 0.952 bits per heavy atom. The number of hydrogen-bond acceptors (Lipinski definition) is 8. The fourth-order valence-corrected chi connectivity index (χ4v) is 5.60. The average molecular weight is 587 g/mol. The van der Waals surface area contributed by atoms with Crippen LogP contribution in [-0.4, -0.2) is 36.3 Å². The zero-order chi connectivity index (χ0) is 29.6. The Morgan fingerprint density at radius 2 is 1.64 bits per heavy atom. The number of hydrogen-bond donors (Lipinski definition) is 0. The molecule has 0 N–H and O–H groups in total. The minimum Gasteiger partial charge on any atom is -0.481 e. The molecule has 0 radical (unpaired) electrons. The summed E-state index contributed by atoms with van der Waals surface area (Å²) in [5.74, 6) is -1.19. The maximum absolute atomic E-state index is 14.0. The Bertz CT molecular complexity index is 1830. The highest BCUT2D eigenvalue weighted by Crippen LogP contribution is 2.35. The van der Waals surface area contributed by atoms with Gasteiger partial charge in [0.25, 0.3) is 5.56 Å². The molecule has 0 saturated heterocycles. The molecule has 1 aromatic heterocycles. The van der Waals surface area contributed by atoms with Crippen LogP contribution in [0, 0.1) is 5.82 Å². The van der Waals surface area contributed by atoms with Gasteiger partial charge >= 0.3 is 11.9 Å². The Labute approximate surface area is 244 Å². The van der Waals surface area contributed by atoms with E-state index in [-0.39, 0.29) is 25.4 Å². The van der Waals surface area contributed by atoms with Gasteiger partial charge in [-0.1, -0.05) is 72.0 Å². The van der Waals surface area contributed by atoms with Crippen molar-refractivity contribution in [3.63, 3.8) is 0 Å². The summed E-state index contributed by atoms with van der Waals surface area (Å²) >= 11 is 1.15. The Kier molecular flexibility index (Phi) is 8.73. The third kappa shape index (κ3) is 5.94. The van der Waals surface area contributed by atoms with Crippen LogP contribution in [0.2, 0.25) is 0 Å². The van der Waals surface area contributed by atoms with Crippen LogP contribution in [0.15, 0.2) is 94.2 Å². The van der Waals surface area contributed by atoms with Gasteiger partial charge in [0.05, 0.1) is 35.1 Å². The molecule has 10 heteroatoms. The number of rotatable bonds is 9. The van der Waals surface area contributed by atoms with E-state index in [0.29, 0.717) is 37.5 Å². The summed E-state index contributed by atoms with van der Waals surface area (Å²) in [5, 5.41) is 0. The number of aromatic nitrogens is 1. The number of nitrogens with zero attached hydrogens (tertiary/aromatic N) is 2. The van der Waals surface area contributed by atoms with Crippen molar-refractivity contribution in [2.75, 3.05) is 19.8 Å². The fraction of sp³-hybridized carbons (Fsp3) is 0.188. The molecule has 4 aromatic rings. The first-order chi connectivity index (χ1) is 20.4. The highest BCUT2D eigenvalue weighted by molar-refractivity contribution is 7.07. The van der Waals surface area contributed by atoms with E-state index in [1.54, 1.807) is 56.3 Å². The lowest BCUT2D eigenvalue weighted by molar-refractivity contribution is -0.145. The summed E-state index contributed by atoms with van der Waals surface area (Å²) in [7, 11) is 0. The molecule has 3 aromatic carbocycles. The SMILES string of the molecule is CCOC(=O)COc1ccccc1/C=c1\sc2n(c1=O)[C@H](c1ccc(F)cc1)C(C(=O)OCC)=C(c1ccccc1)N=2. The standard InChI is InChI=1S/C32H27FN2O6S/c1-3-39-26(36)19-41-24-13-9-8-12-22(24)18-25-30(37)35-29(21-14-16-23(33)17-15-21)27(31(38)40-4-2)28(34-32(35)42-25)20-10-6-5-7-11-20/h5-18,29H,3-4,19H2,1-2H3/b25-18-/t29-/m1/s1. The average Bonchev–Trinajstić information content (AvgIpc) is 3.31. The van der Waals surface area contributed by atoms with E-state index in [9.17, 15) is 18.8 Å². The molecule has 1 aliphatic rings. The topological polar surface area (TPSA) is 96.2 Å². The summed E-state index contributed by atoms with van der Waals surface area (Å²) < 4.78 is 31.8. The van der Waals surface area contributed by atoms with Gasteiger partial charge in [0.1, 0.15) is 11.6 Å². The van der Waals surface area contributed by atoms with E-state index >= 15 is 0 Å². The van der Waals surface area contributed by atoms with Crippen molar-refractivity contribution in [1.82, 2.24) is 4.57 Å². The van der Waals surface area contributed by atoms with Crippen LogP contribution in [-0.2, 0) is 19.1 Å². The van der Waals surface area contributed by atoms with Crippen molar-refractivity contribution in [3.05, 3.63) is 127 Å². The van der Waals surface area contributed by atoms with E-state index in [1.807, 2.05) is 30.3 Å². The van der Waals surface area contributed by atoms with Gasteiger partial charge in [0, 0.05) is 11.1 Å². The second kappa shape index (κ2) is 12.8. The first kappa shape index (κ1) is 28.7. The zero-order valence-corrected chi connectivity index (χ0v) is 23.7. The molecule has 0 unspecified atom stereocenters. The first-order valence-electron chi connectivity index (χ1n) is 13.3. The maximum Gasteiger partial charge on any atom is 0.344 e. The number of carbonyl (C=O) groups is 2. The molecule has 5 rings (SSSR count). The van der Waals surface area contributed by atoms with Crippen molar-refractivity contribution < 1.29 is 28.2 Å². The number of para-hydroxylation sites is 1. The van der Waals surface area contributed by atoms with Crippen LogP contribution in [0.25, 0.3) is 11.8 Å². The molecular weight excluding hydrogens is 559 g/mol. The molecule has 0 aliphatic carbocycles. The predicted molar refractivity (Wildman–Crippen MR) is 156 cm³/mol. The molecule has 0 bridgehead atoms. The molecule has 8 nitrogen and oxygen atoms in total. The van der Waals surface area contributed by atoms with Crippen molar-refractivity contribution in [2.45, 2.75) is 19.9 Å². The van der Waals surface area contributed by atoms with Gasteiger partial charge in [-0.2, -0.15) is 0 Å². The summed E-state index contributed by atoms with van der Waals surface area (Å²) in [6.07, 6.45) is 1.66. The van der Waals surface area contributed by atoms with Crippen molar-refractivity contribution in [3.8, 4) is 5.75 Å². The Balaban J connectivity index is 1.72. The van der Waals surface area contributed by atoms with Crippen LogP contribution in [0.4, 0.5) is 4.39 Å². The van der Waals surface area contributed by atoms with Gasteiger partial charge in [-0.3, -0.25) is 9.36 Å². The van der Waals surface area contributed by atoms with E-state index in [0.717, 1.165) is 11.3 Å². The summed E-state index contributed by atoms with van der Waals surface area (Å²) in [4.78, 5) is 44.5. The van der Waals surface area contributed by atoms with Gasteiger partial charge in [-0.05, 0) is 43.7 Å². The monoisotopic (exact) mass is 586 g/mol. The van der Waals surface area contributed by atoms with Gasteiger partial charge < -0.3 is 14.2 Å². The van der Waals surface area contributed by atoms with Gasteiger partial charge in [0.15, 0.2) is 11.4 Å². The molecule has 1 aliphatic heterocycles. The zero-order valence-electron chi connectivity index (χ0n) is 22.9. The minimum atomic E-state index is -0.923. The summed E-state index contributed by atoms with van der Waals surface area (Å²) in [6.45, 7) is 3.48. The Morgan fingerprint density at radius 3 is 2.36 bits per heavy atom. The second-order valence-electron chi connectivity index (χ2n) is 9.11. The molecule has 42 heavy (non-hydrogen) atoms. The fourth-order valence-electron chi connectivity index (χ4n) is 4.61. The number of ether oxygens (including phenoxy) is 3. The van der Waals surface area contributed by atoms with E-state index in [2.05, 4.69) is 0 Å². The van der Waals surface area contributed by atoms with Crippen molar-refractivity contribution in [2.24, 2.45) is 4.99 Å². The third-order valence-electron chi connectivity index (χ3n) is 6.42. The lowest BCUT2D eigenvalue weighted by Gasteiger charge is -2.25. The molecule has 0 spiro atoms. The van der Waals surface area contributed by atoms with Gasteiger partial charge in [-0.25, -0.2) is 19.0 Å². The van der Waals surface area contributed by atoms with Crippen molar-refractivity contribution >= 4 is 35.0 Å². The highest BCUT2D eigenvalue weighted by atomic mass is 32.1. The lowest BCUT2D eigenvalue weighted by Crippen LogP contribution is -2.40. The molecule has 2 heterocycles. The van der Waals surface area contributed by atoms with Crippen LogP contribution >= 0.6 is 11.3 Å². The van der Waals surface area contributed by atoms with Gasteiger partial charge in [0.2, 0.25) is 0 Å². The summed E-state index contributed by atoms with van der Waals surface area (Å²) in [6, 6.07) is 20.9. The number of esters is 2. The molecule has 0 fully saturated rings. The van der Waals surface area contributed by atoms with E-state index < -0.39 is 29.4 Å². The molecule has 1 atom stereocenters. The molecular formula is C32H27FN2O6S. The first-order valence-corrected chi connectivity index (χ1v) is 14.1. The second-order valence-corrected chi connectivity index (χ2v) is 10.1. The number of benzene rings is 3. The highest BCUT2D eigenvalue weighted by Gasteiger charge is 2.35. The quantitative estimate of drug-likeness (QED) is 0.275. The van der Waals surface area contributed by atoms with Crippen LogP contribution in [0.5, 0.6) is 5.75 Å². The minimum absolute atomic E-state index is 0.119. The van der Waals surface area contributed by atoms with Crippen LogP contribution < -0.4 is 19.6 Å². The smallest absolute Gasteiger partial charge is 0.344 e. The Hall–Kier alpha value is -4.83. The van der Waals surface area contributed by atoms with Crippen molar-refractivity contribution in [1.29, 1.82) is 0 Å². The largest absolute Gasteiger partial charge is 0.481 e. The van der Waals surface area contributed by atoms with Gasteiger partial charge in [-0.15, -0.1) is 0 Å². The molecule has 214 valence electrons. The van der Waals surface area contributed by atoms with E-state index in [1.165, 1.54) is 16.7 Å². The number of carbonyl (C=O) groups excluding carboxylic acids is 2. The maximum atomic E-state index is 14.0. The molecule has 0 saturated carbocycles. The number of thiazole rings is 1.